The van der Waals surface area contributed by atoms with E-state index >= 15 is 0 Å². The minimum atomic E-state index is -1.22. The standard InChI is InChI=1S/C20H23ClN2O3/c1-4-26-17-11-9-16(10-12-17)23-19(25)20(2,3)18(24)22-13-14-5-7-15(21)8-6-14/h5-12H,4,13H2,1-3H3,(H,22,24)(H,23,25). The first-order valence-corrected chi connectivity index (χ1v) is 8.77. The summed E-state index contributed by atoms with van der Waals surface area (Å²) in [6.07, 6.45) is 0. The summed E-state index contributed by atoms with van der Waals surface area (Å²) < 4.78 is 5.37. The zero-order valence-electron chi connectivity index (χ0n) is 15.1. The number of carbonyl (C=O) groups is 2. The van der Waals surface area contributed by atoms with Crippen LogP contribution in [-0.4, -0.2) is 18.4 Å². The van der Waals surface area contributed by atoms with Crippen molar-refractivity contribution in [3.63, 3.8) is 0 Å². The van der Waals surface area contributed by atoms with Gasteiger partial charge in [0.05, 0.1) is 6.61 Å². The van der Waals surface area contributed by atoms with E-state index in [9.17, 15) is 9.59 Å². The molecule has 0 aromatic heterocycles. The molecule has 0 unspecified atom stereocenters. The van der Waals surface area contributed by atoms with E-state index in [1.165, 1.54) is 0 Å². The molecule has 2 aromatic rings. The zero-order valence-corrected chi connectivity index (χ0v) is 15.9. The molecule has 138 valence electrons. The highest BCUT2D eigenvalue weighted by Crippen LogP contribution is 2.21. The molecule has 0 radical (unpaired) electrons. The molecule has 6 heteroatoms. The molecule has 2 N–H and O–H groups in total. The number of benzene rings is 2. The van der Waals surface area contributed by atoms with Gasteiger partial charge in [-0.2, -0.15) is 0 Å². The Labute approximate surface area is 158 Å². The molecule has 0 fully saturated rings. The van der Waals surface area contributed by atoms with Crippen LogP contribution in [-0.2, 0) is 16.1 Å². The van der Waals surface area contributed by atoms with Crippen molar-refractivity contribution < 1.29 is 14.3 Å². The van der Waals surface area contributed by atoms with Gasteiger partial charge in [0, 0.05) is 17.3 Å². The maximum absolute atomic E-state index is 12.5. The highest BCUT2D eigenvalue weighted by Gasteiger charge is 2.35. The van der Waals surface area contributed by atoms with E-state index in [2.05, 4.69) is 10.6 Å². The van der Waals surface area contributed by atoms with Gasteiger partial charge < -0.3 is 15.4 Å². The SMILES string of the molecule is CCOc1ccc(NC(=O)C(C)(C)C(=O)NCc2ccc(Cl)cc2)cc1. The Bertz CT molecular complexity index is 756. The summed E-state index contributed by atoms with van der Waals surface area (Å²) in [6.45, 7) is 5.99. The van der Waals surface area contributed by atoms with Crippen LogP contribution in [0.5, 0.6) is 5.75 Å². The average molecular weight is 375 g/mol. The number of rotatable bonds is 7. The van der Waals surface area contributed by atoms with Gasteiger partial charge in [-0.05, 0) is 62.7 Å². The molecule has 0 saturated heterocycles. The summed E-state index contributed by atoms with van der Waals surface area (Å²) in [5.41, 5.74) is 0.299. The second-order valence-corrected chi connectivity index (χ2v) is 6.78. The van der Waals surface area contributed by atoms with Crippen LogP contribution in [0.15, 0.2) is 48.5 Å². The number of carbonyl (C=O) groups excluding carboxylic acids is 2. The number of anilines is 1. The number of amides is 2. The third-order valence-corrected chi connectivity index (χ3v) is 4.18. The van der Waals surface area contributed by atoms with E-state index in [0.717, 1.165) is 11.3 Å². The minimum Gasteiger partial charge on any atom is -0.494 e. The first-order valence-electron chi connectivity index (χ1n) is 8.40. The number of hydrogen-bond donors (Lipinski definition) is 2. The molecular weight excluding hydrogens is 352 g/mol. The van der Waals surface area contributed by atoms with Crippen molar-refractivity contribution in [2.24, 2.45) is 5.41 Å². The van der Waals surface area contributed by atoms with E-state index in [1.807, 2.05) is 19.1 Å². The van der Waals surface area contributed by atoms with Crippen LogP contribution < -0.4 is 15.4 Å². The molecule has 2 rings (SSSR count). The molecule has 0 aliphatic rings. The second kappa shape index (κ2) is 8.72. The summed E-state index contributed by atoms with van der Waals surface area (Å²) in [7, 11) is 0. The van der Waals surface area contributed by atoms with Gasteiger partial charge >= 0.3 is 0 Å². The largest absolute Gasteiger partial charge is 0.494 e. The summed E-state index contributed by atoms with van der Waals surface area (Å²) in [4.78, 5) is 25.0. The molecule has 26 heavy (non-hydrogen) atoms. The lowest BCUT2D eigenvalue weighted by Gasteiger charge is -2.23. The van der Waals surface area contributed by atoms with Crippen LogP contribution in [0.3, 0.4) is 0 Å². The van der Waals surface area contributed by atoms with Gasteiger partial charge in [-0.3, -0.25) is 9.59 Å². The Morgan fingerprint density at radius 2 is 1.62 bits per heavy atom. The molecule has 0 aliphatic heterocycles. The predicted octanol–water partition coefficient (Wildman–Crippen LogP) is 4.02. The van der Waals surface area contributed by atoms with E-state index in [0.29, 0.717) is 23.9 Å². The summed E-state index contributed by atoms with van der Waals surface area (Å²) >= 11 is 5.84. The van der Waals surface area contributed by atoms with Crippen molar-refractivity contribution in [1.82, 2.24) is 5.32 Å². The smallest absolute Gasteiger partial charge is 0.239 e. The Morgan fingerprint density at radius 3 is 2.19 bits per heavy atom. The Morgan fingerprint density at radius 1 is 1.00 bits per heavy atom. The van der Waals surface area contributed by atoms with Crippen LogP contribution in [0.2, 0.25) is 5.02 Å². The van der Waals surface area contributed by atoms with Crippen LogP contribution >= 0.6 is 11.6 Å². The van der Waals surface area contributed by atoms with Crippen molar-refractivity contribution >= 4 is 29.1 Å². The fourth-order valence-corrected chi connectivity index (χ4v) is 2.32. The van der Waals surface area contributed by atoms with Gasteiger partial charge in [0.25, 0.3) is 0 Å². The van der Waals surface area contributed by atoms with E-state index in [4.69, 9.17) is 16.3 Å². The molecule has 2 amide bonds. The first-order chi connectivity index (χ1) is 12.3. The Balaban J connectivity index is 1.94. The molecular formula is C20H23ClN2O3. The molecule has 0 heterocycles. The van der Waals surface area contributed by atoms with Crippen LogP contribution in [0.1, 0.15) is 26.3 Å². The van der Waals surface area contributed by atoms with Crippen molar-refractivity contribution in [3.05, 3.63) is 59.1 Å². The zero-order chi connectivity index (χ0) is 19.2. The number of nitrogens with one attached hydrogen (secondary N) is 2. The monoisotopic (exact) mass is 374 g/mol. The Hall–Kier alpha value is -2.53. The van der Waals surface area contributed by atoms with Gasteiger partial charge in [0.15, 0.2) is 0 Å². The van der Waals surface area contributed by atoms with Crippen molar-refractivity contribution in [2.75, 3.05) is 11.9 Å². The van der Waals surface area contributed by atoms with Crippen LogP contribution in [0.25, 0.3) is 0 Å². The van der Waals surface area contributed by atoms with Crippen LogP contribution in [0, 0.1) is 5.41 Å². The first kappa shape index (κ1) is 19.8. The maximum atomic E-state index is 12.5. The normalized spacial score (nSPS) is 10.9. The number of halogens is 1. The van der Waals surface area contributed by atoms with Gasteiger partial charge in [-0.15, -0.1) is 0 Å². The van der Waals surface area contributed by atoms with E-state index < -0.39 is 5.41 Å². The average Bonchev–Trinajstić information content (AvgIpc) is 2.62. The van der Waals surface area contributed by atoms with Crippen molar-refractivity contribution in [1.29, 1.82) is 0 Å². The highest BCUT2D eigenvalue weighted by molar-refractivity contribution is 6.30. The molecule has 5 nitrogen and oxygen atoms in total. The quantitative estimate of drug-likeness (QED) is 0.719. The summed E-state index contributed by atoms with van der Waals surface area (Å²) in [5, 5.41) is 6.19. The van der Waals surface area contributed by atoms with Crippen molar-refractivity contribution in [2.45, 2.75) is 27.3 Å². The van der Waals surface area contributed by atoms with E-state index in [1.54, 1.807) is 50.2 Å². The lowest BCUT2D eigenvalue weighted by Crippen LogP contribution is -2.44. The molecule has 2 aromatic carbocycles. The van der Waals surface area contributed by atoms with Gasteiger partial charge in [0.2, 0.25) is 11.8 Å². The Kier molecular flexibility index (Phi) is 6.64. The van der Waals surface area contributed by atoms with Gasteiger partial charge in [-0.1, -0.05) is 23.7 Å². The molecule has 0 bridgehead atoms. The molecule has 0 aliphatic carbocycles. The summed E-state index contributed by atoms with van der Waals surface area (Å²) in [5.74, 6) is -0.00313. The maximum Gasteiger partial charge on any atom is 0.239 e. The third kappa shape index (κ3) is 5.23. The third-order valence-electron chi connectivity index (χ3n) is 3.92. The topological polar surface area (TPSA) is 67.4 Å². The fourth-order valence-electron chi connectivity index (χ4n) is 2.20. The van der Waals surface area contributed by atoms with Gasteiger partial charge in [-0.25, -0.2) is 0 Å². The lowest BCUT2D eigenvalue weighted by atomic mass is 9.90. The van der Waals surface area contributed by atoms with E-state index in [-0.39, 0.29) is 11.8 Å². The highest BCUT2D eigenvalue weighted by atomic mass is 35.5. The molecule has 0 atom stereocenters. The minimum absolute atomic E-state index is 0.329. The number of ether oxygens (including phenoxy) is 1. The molecule has 0 saturated carbocycles. The van der Waals surface area contributed by atoms with Crippen LogP contribution in [0.4, 0.5) is 5.69 Å². The predicted molar refractivity (Wildman–Crippen MR) is 103 cm³/mol. The van der Waals surface area contributed by atoms with Crippen molar-refractivity contribution in [3.8, 4) is 5.75 Å². The van der Waals surface area contributed by atoms with Gasteiger partial charge in [0.1, 0.15) is 11.2 Å². The summed E-state index contributed by atoms with van der Waals surface area (Å²) in [6, 6.07) is 14.2. The molecule has 0 spiro atoms. The fraction of sp³-hybridized carbons (Fsp3) is 0.300. The number of hydrogen-bond acceptors (Lipinski definition) is 3. The lowest BCUT2D eigenvalue weighted by molar-refractivity contribution is -0.138. The second-order valence-electron chi connectivity index (χ2n) is 6.35.